The number of carbonyl (C=O) groups is 2. The summed E-state index contributed by atoms with van der Waals surface area (Å²) in [5, 5.41) is 11.3. The molecule has 1 aliphatic heterocycles. The highest BCUT2D eigenvalue weighted by molar-refractivity contribution is 14.1. The topological polar surface area (TPSA) is 66.4 Å². The highest BCUT2D eigenvalue weighted by Gasteiger charge is 2.25. The Balaban J connectivity index is 2.39. The molecule has 1 fully saturated rings. The predicted octanol–water partition coefficient (Wildman–Crippen LogP) is 2.32. The van der Waals surface area contributed by atoms with Crippen LogP contribution in [0.5, 0.6) is 5.75 Å². The fourth-order valence-corrected chi connectivity index (χ4v) is 2.39. The van der Waals surface area contributed by atoms with Gasteiger partial charge in [-0.2, -0.15) is 0 Å². The van der Waals surface area contributed by atoms with E-state index in [1.807, 2.05) is 0 Å². The minimum Gasteiger partial charge on any atom is -0.507 e. The zero-order chi connectivity index (χ0) is 11.7. The zero-order valence-electron chi connectivity index (χ0n) is 7.86. The van der Waals surface area contributed by atoms with Crippen LogP contribution in [-0.4, -0.2) is 16.3 Å². The molecule has 6 heteroatoms. The second-order valence-corrected chi connectivity index (χ2v) is 5.32. The van der Waals surface area contributed by atoms with E-state index in [1.54, 1.807) is 18.2 Å². The number of hydrogen-bond acceptors (Lipinski definition) is 4. The van der Waals surface area contributed by atoms with Crippen molar-refractivity contribution >= 4 is 51.6 Å². The smallest absolute Gasteiger partial charge is 0.290 e. The van der Waals surface area contributed by atoms with Crippen LogP contribution in [0.15, 0.2) is 23.1 Å². The number of benzene rings is 1. The largest absolute Gasteiger partial charge is 0.507 e. The van der Waals surface area contributed by atoms with Gasteiger partial charge in [0.25, 0.3) is 11.1 Å². The molecule has 0 bridgehead atoms. The average Bonchev–Trinajstić information content (AvgIpc) is 2.51. The van der Waals surface area contributed by atoms with Crippen LogP contribution >= 0.6 is 34.4 Å². The summed E-state index contributed by atoms with van der Waals surface area (Å²) in [6.45, 7) is 0. The molecular weight excluding hydrogens is 341 g/mol. The monoisotopic (exact) mass is 347 g/mol. The Morgan fingerprint density at radius 1 is 1.38 bits per heavy atom. The van der Waals surface area contributed by atoms with E-state index < -0.39 is 5.91 Å². The Kier molecular flexibility index (Phi) is 3.20. The van der Waals surface area contributed by atoms with E-state index in [9.17, 15) is 14.7 Å². The Bertz CT molecular complexity index is 513. The number of thioether (sulfide) groups is 1. The van der Waals surface area contributed by atoms with Gasteiger partial charge in [-0.1, -0.05) is 0 Å². The van der Waals surface area contributed by atoms with E-state index in [1.165, 1.54) is 6.08 Å². The summed E-state index contributed by atoms with van der Waals surface area (Å²) < 4.78 is 0.942. The maximum atomic E-state index is 11.3. The van der Waals surface area contributed by atoms with Crippen LogP contribution in [0, 0.1) is 3.57 Å². The minimum absolute atomic E-state index is 0.0839. The first-order valence-corrected chi connectivity index (χ1v) is 6.19. The number of amides is 2. The third-order valence-corrected chi connectivity index (χ3v) is 3.40. The molecule has 0 aliphatic carbocycles. The third kappa shape index (κ3) is 2.38. The quantitative estimate of drug-likeness (QED) is 0.605. The van der Waals surface area contributed by atoms with Gasteiger partial charge in [-0.25, -0.2) is 0 Å². The van der Waals surface area contributed by atoms with Gasteiger partial charge in [0, 0.05) is 9.13 Å². The van der Waals surface area contributed by atoms with Gasteiger partial charge < -0.3 is 5.11 Å². The number of rotatable bonds is 1. The van der Waals surface area contributed by atoms with Crippen LogP contribution in [0.4, 0.5) is 4.79 Å². The van der Waals surface area contributed by atoms with E-state index in [2.05, 4.69) is 27.9 Å². The number of halogens is 1. The van der Waals surface area contributed by atoms with E-state index in [-0.39, 0.29) is 11.0 Å². The maximum absolute atomic E-state index is 11.3. The molecule has 1 aromatic carbocycles. The fourth-order valence-electron chi connectivity index (χ4n) is 1.20. The molecule has 1 saturated heterocycles. The molecule has 0 saturated carbocycles. The number of imide groups is 1. The number of aromatic hydroxyl groups is 1. The molecule has 1 heterocycles. The Morgan fingerprint density at radius 2 is 2.12 bits per heavy atom. The van der Waals surface area contributed by atoms with Gasteiger partial charge in [0.1, 0.15) is 5.75 Å². The molecule has 2 rings (SSSR count). The van der Waals surface area contributed by atoms with Crippen molar-refractivity contribution < 1.29 is 14.7 Å². The normalized spacial score (nSPS) is 17.9. The summed E-state index contributed by atoms with van der Waals surface area (Å²) in [5.74, 6) is -0.339. The molecule has 2 amide bonds. The van der Waals surface area contributed by atoms with Gasteiger partial charge in [-0.15, -0.1) is 0 Å². The Hall–Kier alpha value is -1.02. The lowest BCUT2D eigenvalue weighted by molar-refractivity contribution is -0.115. The number of phenolic OH excluding ortho intramolecular Hbond substituents is 1. The van der Waals surface area contributed by atoms with Crippen LogP contribution in [0.3, 0.4) is 0 Å². The summed E-state index contributed by atoms with van der Waals surface area (Å²) in [7, 11) is 0. The van der Waals surface area contributed by atoms with Crippen LogP contribution in [0.1, 0.15) is 5.56 Å². The SMILES string of the molecule is O=C1NC(=O)/C(=C/c2cc(I)ccc2O)S1. The second-order valence-electron chi connectivity index (χ2n) is 3.06. The third-order valence-electron chi connectivity index (χ3n) is 1.92. The Morgan fingerprint density at radius 3 is 2.75 bits per heavy atom. The summed E-state index contributed by atoms with van der Waals surface area (Å²) in [5.41, 5.74) is 0.527. The maximum Gasteiger partial charge on any atom is 0.290 e. The lowest BCUT2D eigenvalue weighted by Gasteiger charge is -2.00. The van der Waals surface area contributed by atoms with Gasteiger partial charge in [-0.3, -0.25) is 14.9 Å². The lowest BCUT2D eigenvalue weighted by atomic mass is 10.2. The molecule has 0 spiro atoms. The van der Waals surface area contributed by atoms with E-state index in [0.717, 1.165) is 15.3 Å². The molecule has 4 nitrogen and oxygen atoms in total. The van der Waals surface area contributed by atoms with Crippen molar-refractivity contribution in [3.63, 3.8) is 0 Å². The first-order chi connectivity index (χ1) is 7.56. The molecule has 0 atom stereocenters. The van der Waals surface area contributed by atoms with Crippen LogP contribution in [-0.2, 0) is 4.79 Å². The first-order valence-electron chi connectivity index (χ1n) is 4.29. The van der Waals surface area contributed by atoms with Crippen molar-refractivity contribution in [2.75, 3.05) is 0 Å². The van der Waals surface area contributed by atoms with E-state index >= 15 is 0 Å². The van der Waals surface area contributed by atoms with Gasteiger partial charge in [0.15, 0.2) is 0 Å². The minimum atomic E-state index is -0.423. The van der Waals surface area contributed by atoms with Crippen LogP contribution in [0.25, 0.3) is 6.08 Å². The molecule has 16 heavy (non-hydrogen) atoms. The summed E-state index contributed by atoms with van der Waals surface area (Å²) in [6, 6.07) is 5.04. The molecule has 0 unspecified atom stereocenters. The average molecular weight is 347 g/mol. The molecule has 0 aromatic heterocycles. The molecule has 1 aromatic rings. The highest BCUT2D eigenvalue weighted by atomic mass is 127. The van der Waals surface area contributed by atoms with Crippen molar-refractivity contribution in [3.05, 3.63) is 32.2 Å². The first kappa shape index (κ1) is 11.5. The van der Waals surface area contributed by atoms with E-state index in [4.69, 9.17) is 0 Å². The molecular formula is C10H6INO3S. The molecule has 0 radical (unpaired) electrons. The standard InChI is InChI=1S/C10H6INO3S/c11-6-1-2-7(13)5(3-6)4-8-9(14)12-10(15)16-8/h1-4,13H,(H,12,14,15)/b8-4-. The summed E-state index contributed by atoms with van der Waals surface area (Å²) >= 11 is 2.93. The molecule has 1 aliphatic rings. The fraction of sp³-hybridized carbons (Fsp3) is 0. The second kappa shape index (κ2) is 4.46. The van der Waals surface area contributed by atoms with Crippen molar-refractivity contribution in [3.8, 4) is 5.75 Å². The number of carbonyl (C=O) groups excluding carboxylic acids is 2. The van der Waals surface area contributed by atoms with E-state index in [0.29, 0.717) is 10.5 Å². The van der Waals surface area contributed by atoms with Crippen molar-refractivity contribution in [2.24, 2.45) is 0 Å². The summed E-state index contributed by atoms with van der Waals surface area (Å²) in [4.78, 5) is 22.5. The van der Waals surface area contributed by atoms with Crippen molar-refractivity contribution in [1.29, 1.82) is 0 Å². The van der Waals surface area contributed by atoms with Crippen molar-refractivity contribution in [1.82, 2.24) is 5.32 Å². The molecule has 82 valence electrons. The van der Waals surface area contributed by atoms with Crippen molar-refractivity contribution in [2.45, 2.75) is 0 Å². The number of phenols is 1. The van der Waals surface area contributed by atoms with Crippen LogP contribution < -0.4 is 5.32 Å². The number of nitrogens with one attached hydrogen (secondary N) is 1. The van der Waals surface area contributed by atoms with Gasteiger partial charge in [-0.05, 0) is 58.6 Å². The predicted molar refractivity (Wildman–Crippen MR) is 69.9 cm³/mol. The van der Waals surface area contributed by atoms with Gasteiger partial charge in [0.05, 0.1) is 4.91 Å². The lowest BCUT2D eigenvalue weighted by Crippen LogP contribution is -2.17. The summed E-state index contributed by atoms with van der Waals surface area (Å²) in [6.07, 6.45) is 1.50. The highest BCUT2D eigenvalue weighted by Crippen LogP contribution is 2.29. The Labute approximate surface area is 109 Å². The molecule has 2 N–H and O–H groups in total. The van der Waals surface area contributed by atoms with Gasteiger partial charge >= 0.3 is 0 Å². The zero-order valence-corrected chi connectivity index (χ0v) is 10.8. The van der Waals surface area contributed by atoms with Gasteiger partial charge in [0.2, 0.25) is 0 Å². The van der Waals surface area contributed by atoms with Crippen LogP contribution in [0.2, 0.25) is 0 Å². The number of hydrogen-bond donors (Lipinski definition) is 2.